The lowest BCUT2D eigenvalue weighted by Crippen LogP contribution is -2.13. The number of nitrogens with two attached hydrogens (primary N) is 1. The maximum atomic E-state index is 11.9. The average molecular weight is 314 g/mol. The van der Waals surface area contributed by atoms with E-state index in [9.17, 15) is 4.79 Å². The Kier molecular flexibility index (Phi) is 6.94. The molecule has 0 saturated carbocycles. The molecule has 0 saturated heterocycles. The van der Waals surface area contributed by atoms with Crippen LogP contribution in [0.25, 0.3) is 0 Å². The van der Waals surface area contributed by atoms with E-state index in [2.05, 4.69) is 5.32 Å². The Hall–Kier alpha value is -2.53. The van der Waals surface area contributed by atoms with Gasteiger partial charge >= 0.3 is 0 Å². The first-order valence-corrected chi connectivity index (χ1v) is 7.68. The van der Waals surface area contributed by atoms with E-state index >= 15 is 0 Å². The van der Waals surface area contributed by atoms with E-state index in [1.54, 1.807) is 0 Å². The second-order valence-corrected chi connectivity index (χ2v) is 4.97. The molecule has 0 aromatic heterocycles. The number of nitrogens with one attached hydrogen (secondary N) is 1. The summed E-state index contributed by atoms with van der Waals surface area (Å²) < 4.78 is 10.9. The molecule has 0 bridgehead atoms. The number of para-hydroxylation sites is 1. The highest BCUT2D eigenvalue weighted by atomic mass is 16.5. The van der Waals surface area contributed by atoms with Gasteiger partial charge in [-0.1, -0.05) is 18.2 Å². The van der Waals surface area contributed by atoms with Crippen molar-refractivity contribution in [2.45, 2.75) is 12.8 Å². The van der Waals surface area contributed by atoms with Gasteiger partial charge in [0, 0.05) is 18.7 Å². The molecule has 0 unspecified atom stereocenters. The lowest BCUT2D eigenvalue weighted by molar-refractivity contribution is -0.116. The highest BCUT2D eigenvalue weighted by Crippen LogP contribution is 2.16. The normalized spacial score (nSPS) is 10.1. The topological polar surface area (TPSA) is 73.6 Å². The Morgan fingerprint density at radius 1 is 0.913 bits per heavy atom. The lowest BCUT2D eigenvalue weighted by Gasteiger charge is -2.08. The van der Waals surface area contributed by atoms with Crippen molar-refractivity contribution in [2.24, 2.45) is 5.73 Å². The molecule has 0 radical (unpaired) electrons. The zero-order valence-corrected chi connectivity index (χ0v) is 13.0. The minimum absolute atomic E-state index is 0.0303. The number of hydrogen-bond acceptors (Lipinski definition) is 4. The van der Waals surface area contributed by atoms with E-state index in [0.29, 0.717) is 32.6 Å². The van der Waals surface area contributed by atoms with Gasteiger partial charge in [-0.3, -0.25) is 4.79 Å². The zero-order chi connectivity index (χ0) is 16.3. The molecule has 0 aliphatic heterocycles. The Morgan fingerprint density at radius 3 is 2.26 bits per heavy atom. The fraction of sp³-hybridized carbons (Fsp3) is 0.278. The van der Waals surface area contributed by atoms with Gasteiger partial charge in [0.15, 0.2) is 0 Å². The van der Waals surface area contributed by atoms with Gasteiger partial charge in [-0.25, -0.2) is 0 Å². The van der Waals surface area contributed by atoms with Gasteiger partial charge in [-0.05, 0) is 42.8 Å². The Balaban J connectivity index is 1.66. The van der Waals surface area contributed by atoms with E-state index in [1.807, 2.05) is 54.6 Å². The van der Waals surface area contributed by atoms with Crippen LogP contribution in [0.2, 0.25) is 0 Å². The number of carbonyl (C=O) groups excluding carboxylic acids is 1. The van der Waals surface area contributed by atoms with Crippen LogP contribution in [0.4, 0.5) is 5.69 Å². The highest BCUT2D eigenvalue weighted by molar-refractivity contribution is 5.90. The molecular formula is C18H22N2O3. The number of hydrogen-bond donors (Lipinski definition) is 2. The van der Waals surface area contributed by atoms with Crippen LogP contribution in [0.15, 0.2) is 54.6 Å². The van der Waals surface area contributed by atoms with Gasteiger partial charge < -0.3 is 20.5 Å². The Morgan fingerprint density at radius 2 is 1.57 bits per heavy atom. The van der Waals surface area contributed by atoms with E-state index in [-0.39, 0.29) is 5.91 Å². The third-order valence-electron chi connectivity index (χ3n) is 3.08. The number of anilines is 1. The molecule has 5 heteroatoms. The predicted octanol–water partition coefficient (Wildman–Crippen LogP) is 2.82. The van der Waals surface area contributed by atoms with Crippen LogP contribution in [0.1, 0.15) is 12.8 Å². The second-order valence-electron chi connectivity index (χ2n) is 4.97. The summed E-state index contributed by atoms with van der Waals surface area (Å²) in [6, 6.07) is 16.8. The Labute approximate surface area is 136 Å². The quantitative estimate of drug-likeness (QED) is 0.698. The molecule has 0 atom stereocenters. The first-order valence-electron chi connectivity index (χ1n) is 7.68. The van der Waals surface area contributed by atoms with Crippen molar-refractivity contribution in [3.63, 3.8) is 0 Å². The molecule has 23 heavy (non-hydrogen) atoms. The fourth-order valence-electron chi connectivity index (χ4n) is 1.97. The Bertz CT molecular complexity index is 585. The van der Waals surface area contributed by atoms with E-state index in [1.165, 1.54) is 0 Å². The summed E-state index contributed by atoms with van der Waals surface area (Å²) in [7, 11) is 0. The maximum absolute atomic E-state index is 11.9. The van der Waals surface area contributed by atoms with E-state index in [0.717, 1.165) is 17.2 Å². The molecular weight excluding hydrogens is 292 g/mol. The summed E-state index contributed by atoms with van der Waals surface area (Å²) in [6.07, 6.45) is 1.08. The number of benzene rings is 2. The van der Waals surface area contributed by atoms with Gasteiger partial charge in [0.1, 0.15) is 18.1 Å². The van der Waals surface area contributed by atoms with Gasteiger partial charge in [0.25, 0.3) is 0 Å². The minimum atomic E-state index is -0.0303. The molecule has 0 aliphatic rings. The molecule has 0 aliphatic carbocycles. The van der Waals surface area contributed by atoms with Crippen molar-refractivity contribution in [3.05, 3.63) is 54.6 Å². The average Bonchev–Trinajstić information content (AvgIpc) is 2.59. The van der Waals surface area contributed by atoms with Crippen molar-refractivity contribution < 1.29 is 14.3 Å². The van der Waals surface area contributed by atoms with E-state index < -0.39 is 0 Å². The standard InChI is InChI=1S/C18H22N2O3/c19-12-14-23-17-10-8-15(9-11-17)20-18(21)7-4-13-22-16-5-2-1-3-6-16/h1-3,5-6,8-11H,4,7,12-14,19H2,(H,20,21). The summed E-state index contributed by atoms with van der Waals surface area (Å²) in [5.74, 6) is 1.53. The van der Waals surface area contributed by atoms with Crippen molar-refractivity contribution in [1.29, 1.82) is 0 Å². The summed E-state index contributed by atoms with van der Waals surface area (Å²) in [6.45, 7) is 1.47. The highest BCUT2D eigenvalue weighted by Gasteiger charge is 2.03. The van der Waals surface area contributed by atoms with Gasteiger partial charge in [-0.15, -0.1) is 0 Å². The van der Waals surface area contributed by atoms with Crippen LogP contribution < -0.4 is 20.5 Å². The summed E-state index contributed by atoms with van der Waals surface area (Å²) in [5, 5.41) is 2.85. The summed E-state index contributed by atoms with van der Waals surface area (Å²) in [5.41, 5.74) is 6.12. The van der Waals surface area contributed by atoms with Crippen LogP contribution in [0.3, 0.4) is 0 Å². The van der Waals surface area contributed by atoms with Crippen LogP contribution in [0, 0.1) is 0 Å². The van der Waals surface area contributed by atoms with E-state index in [4.69, 9.17) is 15.2 Å². The third kappa shape index (κ3) is 6.40. The zero-order valence-electron chi connectivity index (χ0n) is 13.0. The third-order valence-corrected chi connectivity index (χ3v) is 3.08. The van der Waals surface area contributed by atoms with Crippen LogP contribution in [-0.2, 0) is 4.79 Å². The smallest absolute Gasteiger partial charge is 0.224 e. The predicted molar refractivity (Wildman–Crippen MR) is 90.8 cm³/mol. The van der Waals surface area contributed by atoms with Crippen molar-refractivity contribution >= 4 is 11.6 Å². The fourth-order valence-corrected chi connectivity index (χ4v) is 1.97. The molecule has 1 amide bonds. The van der Waals surface area contributed by atoms with Gasteiger partial charge in [0.05, 0.1) is 6.61 Å². The monoisotopic (exact) mass is 314 g/mol. The number of ether oxygens (including phenoxy) is 2. The van der Waals surface area contributed by atoms with Gasteiger partial charge in [0.2, 0.25) is 5.91 Å². The molecule has 0 spiro atoms. The number of rotatable bonds is 9. The lowest BCUT2D eigenvalue weighted by atomic mass is 10.2. The largest absolute Gasteiger partial charge is 0.494 e. The number of amides is 1. The molecule has 0 heterocycles. The summed E-state index contributed by atoms with van der Waals surface area (Å²) >= 11 is 0. The minimum Gasteiger partial charge on any atom is -0.494 e. The molecule has 5 nitrogen and oxygen atoms in total. The van der Waals surface area contributed by atoms with Crippen molar-refractivity contribution in [2.75, 3.05) is 25.1 Å². The molecule has 2 aromatic carbocycles. The SMILES string of the molecule is NCCOc1ccc(NC(=O)CCCOc2ccccc2)cc1. The summed E-state index contributed by atoms with van der Waals surface area (Å²) in [4.78, 5) is 11.9. The van der Waals surface area contributed by atoms with Crippen LogP contribution in [-0.4, -0.2) is 25.7 Å². The van der Waals surface area contributed by atoms with Crippen LogP contribution in [0.5, 0.6) is 11.5 Å². The van der Waals surface area contributed by atoms with Crippen molar-refractivity contribution in [1.82, 2.24) is 0 Å². The maximum Gasteiger partial charge on any atom is 0.224 e. The second kappa shape index (κ2) is 9.48. The molecule has 122 valence electrons. The first-order chi connectivity index (χ1) is 11.3. The first kappa shape index (κ1) is 16.8. The molecule has 0 fully saturated rings. The number of carbonyl (C=O) groups is 1. The van der Waals surface area contributed by atoms with Crippen molar-refractivity contribution in [3.8, 4) is 11.5 Å². The van der Waals surface area contributed by atoms with Crippen LogP contribution >= 0.6 is 0 Å². The molecule has 3 N–H and O–H groups in total. The molecule has 2 rings (SSSR count). The molecule has 2 aromatic rings. The van der Waals surface area contributed by atoms with Gasteiger partial charge in [-0.2, -0.15) is 0 Å².